The molecule has 0 saturated heterocycles. The Bertz CT molecular complexity index is 811. The minimum atomic E-state index is -4.34. The maximum absolute atomic E-state index is 12.5. The van der Waals surface area contributed by atoms with Crippen LogP contribution >= 0.6 is 0 Å². The number of unbranched alkanes of at least 4 members (excludes halogenated alkanes) is 24. The first-order valence-electron chi connectivity index (χ1n) is 19.0. The van der Waals surface area contributed by atoms with Crippen molar-refractivity contribution < 1.29 is 22.9 Å². The van der Waals surface area contributed by atoms with E-state index in [1.165, 1.54) is 141 Å². The van der Waals surface area contributed by atoms with Crippen molar-refractivity contribution in [2.45, 2.75) is 206 Å². The Kier molecular flexibility index (Phi) is 31.9. The van der Waals surface area contributed by atoms with E-state index in [0.717, 1.165) is 38.5 Å². The highest BCUT2D eigenvalue weighted by Gasteiger charge is 2.24. The fourth-order valence-corrected chi connectivity index (χ4v) is 6.49. The number of allylic oxidation sites excluding steroid dienone is 3. The molecule has 7 heteroatoms. The lowest BCUT2D eigenvalue weighted by atomic mass is 10.0. The summed E-state index contributed by atoms with van der Waals surface area (Å²) in [6, 6.07) is -1.07. The van der Waals surface area contributed by atoms with Gasteiger partial charge in [-0.15, -0.1) is 0 Å². The highest BCUT2D eigenvalue weighted by molar-refractivity contribution is 7.85. The molecule has 266 valence electrons. The van der Waals surface area contributed by atoms with Gasteiger partial charge in [0.15, 0.2) is 0 Å². The van der Waals surface area contributed by atoms with E-state index in [1.54, 1.807) is 0 Å². The van der Waals surface area contributed by atoms with Crippen LogP contribution in [-0.2, 0) is 14.9 Å². The molecule has 0 bridgehead atoms. The molecule has 0 aromatic heterocycles. The number of rotatable bonds is 34. The Morgan fingerprint density at radius 1 is 0.578 bits per heavy atom. The molecule has 0 heterocycles. The third-order valence-electron chi connectivity index (χ3n) is 8.63. The number of nitrogens with one attached hydrogen (secondary N) is 1. The van der Waals surface area contributed by atoms with Crippen molar-refractivity contribution in [2.75, 3.05) is 5.75 Å². The van der Waals surface area contributed by atoms with Crippen LogP contribution in [0.1, 0.15) is 194 Å². The molecule has 0 radical (unpaired) electrons. The Labute approximate surface area is 279 Å². The Balaban J connectivity index is 4.00. The number of aliphatic hydroxyl groups excluding tert-OH is 1. The summed E-state index contributed by atoms with van der Waals surface area (Å²) < 4.78 is 32.4. The average Bonchev–Trinajstić information content (AvgIpc) is 3.00. The third-order valence-corrected chi connectivity index (χ3v) is 9.41. The van der Waals surface area contributed by atoms with E-state index >= 15 is 0 Å². The smallest absolute Gasteiger partial charge is 0.267 e. The molecule has 0 aromatic carbocycles. The van der Waals surface area contributed by atoms with E-state index in [-0.39, 0.29) is 5.91 Å². The van der Waals surface area contributed by atoms with Gasteiger partial charge in [0.2, 0.25) is 5.91 Å². The molecular weight excluding hydrogens is 582 g/mol. The summed E-state index contributed by atoms with van der Waals surface area (Å²) >= 11 is 0. The first-order valence-corrected chi connectivity index (χ1v) is 20.6. The largest absolute Gasteiger partial charge is 0.387 e. The van der Waals surface area contributed by atoms with Gasteiger partial charge in [-0.2, -0.15) is 8.42 Å². The minimum absolute atomic E-state index is 0.287. The lowest BCUT2D eigenvalue weighted by molar-refractivity contribution is -0.122. The second kappa shape index (κ2) is 32.7. The molecule has 0 rings (SSSR count). The summed E-state index contributed by atoms with van der Waals surface area (Å²) in [6.07, 6.45) is 40.2. The summed E-state index contributed by atoms with van der Waals surface area (Å²) in [7, 11) is -4.34. The van der Waals surface area contributed by atoms with Crippen LogP contribution in [0.5, 0.6) is 0 Å². The summed E-state index contributed by atoms with van der Waals surface area (Å²) in [5, 5.41) is 13.2. The molecule has 0 spiro atoms. The van der Waals surface area contributed by atoms with Gasteiger partial charge in [0, 0.05) is 6.42 Å². The fraction of sp³-hybridized carbons (Fsp3) is 0.868. The fourth-order valence-electron chi connectivity index (χ4n) is 5.76. The van der Waals surface area contributed by atoms with Crippen LogP contribution in [-0.4, -0.2) is 41.9 Å². The van der Waals surface area contributed by atoms with Gasteiger partial charge >= 0.3 is 0 Å². The maximum atomic E-state index is 12.5. The molecule has 6 nitrogen and oxygen atoms in total. The second-order valence-corrected chi connectivity index (χ2v) is 14.7. The number of hydrogen-bond acceptors (Lipinski definition) is 4. The summed E-state index contributed by atoms with van der Waals surface area (Å²) in [5.74, 6) is -0.994. The van der Waals surface area contributed by atoms with Gasteiger partial charge in [0.1, 0.15) is 0 Å². The van der Waals surface area contributed by atoms with E-state index in [4.69, 9.17) is 0 Å². The first kappa shape index (κ1) is 43.8. The number of hydrogen-bond donors (Lipinski definition) is 3. The van der Waals surface area contributed by atoms with Gasteiger partial charge in [0.25, 0.3) is 10.1 Å². The predicted octanol–water partition coefficient (Wildman–Crippen LogP) is 10.8. The SMILES string of the molecule is CCCCCCCCCCCC/C=C/CC/C=C/C(O)C(CS(=O)(=O)O)NC(=O)CCCCCCCCCCCCCCCC. The highest BCUT2D eigenvalue weighted by atomic mass is 32.2. The monoisotopic (exact) mass is 656 g/mol. The van der Waals surface area contributed by atoms with Crippen molar-refractivity contribution in [1.29, 1.82) is 0 Å². The Morgan fingerprint density at radius 3 is 1.40 bits per heavy atom. The zero-order valence-electron chi connectivity index (χ0n) is 29.5. The molecule has 2 atom stereocenters. The van der Waals surface area contributed by atoms with Gasteiger partial charge in [0.05, 0.1) is 17.9 Å². The summed E-state index contributed by atoms with van der Waals surface area (Å²) in [6.45, 7) is 4.51. The van der Waals surface area contributed by atoms with Gasteiger partial charge in [-0.1, -0.05) is 179 Å². The summed E-state index contributed by atoms with van der Waals surface area (Å²) in [4.78, 5) is 12.5. The van der Waals surface area contributed by atoms with E-state index in [9.17, 15) is 22.9 Å². The highest BCUT2D eigenvalue weighted by Crippen LogP contribution is 2.14. The number of aliphatic hydroxyl groups is 1. The van der Waals surface area contributed by atoms with E-state index < -0.39 is 28.0 Å². The minimum Gasteiger partial charge on any atom is -0.387 e. The number of carbonyl (C=O) groups is 1. The second-order valence-electron chi connectivity index (χ2n) is 13.2. The van der Waals surface area contributed by atoms with Crippen LogP contribution in [0.3, 0.4) is 0 Å². The van der Waals surface area contributed by atoms with Gasteiger partial charge in [-0.25, -0.2) is 0 Å². The molecule has 0 aliphatic rings. The quantitative estimate of drug-likeness (QED) is 0.0363. The lowest BCUT2D eigenvalue weighted by Crippen LogP contribution is -2.46. The number of carbonyl (C=O) groups excluding carboxylic acids is 1. The van der Waals surface area contributed by atoms with Gasteiger partial charge in [-0.05, 0) is 32.1 Å². The molecule has 0 aliphatic heterocycles. The third kappa shape index (κ3) is 34.0. The van der Waals surface area contributed by atoms with E-state index in [2.05, 4.69) is 31.3 Å². The first-order chi connectivity index (χ1) is 21.8. The van der Waals surface area contributed by atoms with Crippen LogP contribution < -0.4 is 5.32 Å². The van der Waals surface area contributed by atoms with Crippen LogP contribution in [0.25, 0.3) is 0 Å². The topological polar surface area (TPSA) is 104 Å². The van der Waals surface area contributed by atoms with E-state index in [0.29, 0.717) is 6.42 Å². The zero-order chi connectivity index (χ0) is 33.3. The molecular formula is C38H73NO5S. The zero-order valence-corrected chi connectivity index (χ0v) is 30.3. The van der Waals surface area contributed by atoms with E-state index in [1.807, 2.05) is 6.08 Å². The maximum Gasteiger partial charge on any atom is 0.267 e. The van der Waals surface area contributed by atoms with Crippen LogP contribution in [0.4, 0.5) is 0 Å². The molecule has 2 unspecified atom stereocenters. The number of amides is 1. The van der Waals surface area contributed by atoms with Crippen molar-refractivity contribution in [2.24, 2.45) is 0 Å². The molecule has 0 saturated carbocycles. The molecule has 0 aliphatic carbocycles. The summed E-state index contributed by atoms with van der Waals surface area (Å²) in [5.41, 5.74) is 0. The van der Waals surface area contributed by atoms with Crippen LogP contribution in [0, 0.1) is 0 Å². The average molecular weight is 656 g/mol. The lowest BCUT2D eigenvalue weighted by Gasteiger charge is -2.21. The van der Waals surface area contributed by atoms with Crippen molar-refractivity contribution in [3.63, 3.8) is 0 Å². The molecule has 1 amide bonds. The van der Waals surface area contributed by atoms with Crippen molar-refractivity contribution in [3.8, 4) is 0 Å². The molecule has 0 fully saturated rings. The molecule has 0 aromatic rings. The van der Waals surface area contributed by atoms with Gasteiger partial charge < -0.3 is 10.4 Å². The Morgan fingerprint density at radius 2 is 0.956 bits per heavy atom. The molecule has 3 N–H and O–H groups in total. The van der Waals surface area contributed by atoms with Gasteiger partial charge in [-0.3, -0.25) is 9.35 Å². The van der Waals surface area contributed by atoms with Crippen molar-refractivity contribution in [1.82, 2.24) is 5.32 Å². The van der Waals surface area contributed by atoms with Crippen LogP contribution in [0.2, 0.25) is 0 Å². The Hall–Kier alpha value is -1.18. The normalized spacial score (nSPS) is 13.6. The van der Waals surface area contributed by atoms with Crippen LogP contribution in [0.15, 0.2) is 24.3 Å². The molecule has 45 heavy (non-hydrogen) atoms. The predicted molar refractivity (Wildman–Crippen MR) is 193 cm³/mol. The van der Waals surface area contributed by atoms with Crippen molar-refractivity contribution >= 4 is 16.0 Å². The van der Waals surface area contributed by atoms with Crippen molar-refractivity contribution in [3.05, 3.63) is 24.3 Å². The standard InChI is InChI=1S/C38H73NO5S/c1-3-5-7-9-11-13-15-17-19-20-21-23-25-27-29-31-33-37(40)36(35-45(42,43)44)39-38(41)34-32-30-28-26-24-22-18-16-14-12-10-8-6-4-2/h23,25,31,33,36-37,40H,3-22,24,26-30,32,34-35H2,1-2H3,(H,39,41)(H,42,43,44)/b25-23+,33-31+.